The number of aliphatic hydroxyl groups is 3. The van der Waals surface area contributed by atoms with Crippen molar-refractivity contribution in [2.75, 3.05) is 13.2 Å². The van der Waals surface area contributed by atoms with Crippen molar-refractivity contribution < 1.29 is 20.1 Å². The van der Waals surface area contributed by atoms with Crippen molar-refractivity contribution in [3.05, 3.63) is 0 Å². The van der Waals surface area contributed by atoms with Gasteiger partial charge in [0.25, 0.3) is 5.91 Å². The van der Waals surface area contributed by atoms with Gasteiger partial charge in [-0.15, -0.1) is 0 Å². The summed E-state index contributed by atoms with van der Waals surface area (Å²) in [5.74, 6) is -0.842. The Kier molecular flexibility index (Phi) is 5.61. The van der Waals surface area contributed by atoms with Gasteiger partial charge in [-0.2, -0.15) is 0 Å². The van der Waals surface area contributed by atoms with Crippen molar-refractivity contribution in [1.82, 2.24) is 5.32 Å². The zero-order valence-electron chi connectivity index (χ0n) is 7.90. The predicted octanol–water partition coefficient (Wildman–Crippen LogP) is -1.53. The molecule has 0 aliphatic rings. The summed E-state index contributed by atoms with van der Waals surface area (Å²) in [5, 5.41) is 29.2. The van der Waals surface area contributed by atoms with Gasteiger partial charge in [0.1, 0.15) is 0 Å². The van der Waals surface area contributed by atoms with Crippen molar-refractivity contribution in [2.45, 2.75) is 26.1 Å². The van der Waals surface area contributed by atoms with E-state index in [-0.39, 0.29) is 19.1 Å². The minimum Gasteiger partial charge on any atom is -0.395 e. The lowest BCUT2D eigenvalue weighted by Gasteiger charge is -2.19. The lowest BCUT2D eigenvalue weighted by molar-refractivity contribution is -0.137. The number of rotatable bonds is 5. The SMILES string of the molecule is CC(C)[C@@H](O)[C@H](O)C(=O)NCCO. The van der Waals surface area contributed by atoms with Gasteiger partial charge in [0.05, 0.1) is 12.7 Å². The van der Waals surface area contributed by atoms with Crippen LogP contribution in [0.5, 0.6) is 0 Å². The molecule has 0 aliphatic heterocycles. The minimum absolute atomic E-state index is 0.0840. The summed E-state index contributed by atoms with van der Waals surface area (Å²) in [6.07, 6.45) is -2.50. The van der Waals surface area contributed by atoms with Crippen LogP contribution in [-0.4, -0.2) is 46.6 Å². The molecule has 0 rings (SSSR count). The van der Waals surface area contributed by atoms with E-state index < -0.39 is 18.1 Å². The van der Waals surface area contributed by atoms with Gasteiger partial charge in [0.2, 0.25) is 0 Å². The summed E-state index contributed by atoms with van der Waals surface area (Å²) in [6.45, 7) is 3.30. The lowest BCUT2D eigenvalue weighted by Crippen LogP contribution is -2.45. The highest BCUT2D eigenvalue weighted by molar-refractivity contribution is 5.81. The molecule has 5 nitrogen and oxygen atoms in total. The van der Waals surface area contributed by atoms with E-state index in [1.165, 1.54) is 0 Å². The quantitative estimate of drug-likeness (QED) is 0.424. The van der Waals surface area contributed by atoms with E-state index >= 15 is 0 Å². The van der Waals surface area contributed by atoms with E-state index in [2.05, 4.69) is 5.32 Å². The first-order valence-corrected chi connectivity index (χ1v) is 4.25. The number of nitrogens with one attached hydrogen (secondary N) is 1. The first-order chi connectivity index (χ1) is 6.00. The Balaban J connectivity index is 3.94. The molecule has 0 aromatic rings. The summed E-state index contributed by atoms with van der Waals surface area (Å²) in [4.78, 5) is 11.0. The van der Waals surface area contributed by atoms with Crippen LogP contribution in [0.1, 0.15) is 13.8 Å². The second-order valence-corrected chi connectivity index (χ2v) is 3.19. The zero-order chi connectivity index (χ0) is 10.4. The lowest BCUT2D eigenvalue weighted by atomic mass is 10.0. The average molecular weight is 191 g/mol. The van der Waals surface area contributed by atoms with Crippen molar-refractivity contribution in [3.63, 3.8) is 0 Å². The van der Waals surface area contributed by atoms with E-state index in [0.717, 1.165) is 0 Å². The Hall–Kier alpha value is -0.650. The van der Waals surface area contributed by atoms with E-state index in [9.17, 15) is 15.0 Å². The Labute approximate surface area is 77.4 Å². The molecule has 0 aromatic carbocycles. The number of hydrogen-bond donors (Lipinski definition) is 4. The van der Waals surface area contributed by atoms with Gasteiger partial charge in [-0.3, -0.25) is 4.79 Å². The highest BCUT2D eigenvalue weighted by Gasteiger charge is 2.25. The third kappa shape index (κ3) is 4.21. The molecule has 2 atom stereocenters. The molecule has 0 unspecified atom stereocenters. The van der Waals surface area contributed by atoms with Crippen LogP contribution in [0.3, 0.4) is 0 Å². The van der Waals surface area contributed by atoms with Crippen LogP contribution < -0.4 is 5.32 Å². The average Bonchev–Trinajstić information content (AvgIpc) is 2.11. The van der Waals surface area contributed by atoms with Crippen molar-refractivity contribution in [3.8, 4) is 0 Å². The molecule has 0 saturated carbocycles. The predicted molar refractivity (Wildman–Crippen MR) is 46.9 cm³/mol. The number of carbonyl (C=O) groups excluding carboxylic acids is 1. The zero-order valence-corrected chi connectivity index (χ0v) is 7.90. The number of carbonyl (C=O) groups is 1. The second-order valence-electron chi connectivity index (χ2n) is 3.19. The third-order valence-electron chi connectivity index (χ3n) is 1.69. The van der Waals surface area contributed by atoms with Crippen LogP contribution >= 0.6 is 0 Å². The number of aliphatic hydroxyl groups excluding tert-OH is 3. The summed E-state index contributed by atoms with van der Waals surface area (Å²) in [5.41, 5.74) is 0. The molecule has 0 radical (unpaired) electrons. The molecule has 0 saturated heterocycles. The number of amides is 1. The summed E-state index contributed by atoms with van der Waals surface area (Å²) >= 11 is 0. The highest BCUT2D eigenvalue weighted by Crippen LogP contribution is 2.05. The van der Waals surface area contributed by atoms with Crippen LogP contribution in [0.4, 0.5) is 0 Å². The molecular formula is C8H17NO4. The molecule has 13 heavy (non-hydrogen) atoms. The molecule has 4 N–H and O–H groups in total. The first kappa shape index (κ1) is 12.3. The van der Waals surface area contributed by atoms with E-state index in [1.807, 2.05) is 0 Å². The standard InChI is InChI=1S/C8H17NO4/c1-5(2)6(11)7(12)8(13)9-3-4-10/h5-7,10-12H,3-4H2,1-2H3,(H,9,13)/t6-,7+/m1/s1. The van der Waals surface area contributed by atoms with Crippen LogP contribution in [-0.2, 0) is 4.79 Å². The van der Waals surface area contributed by atoms with Gasteiger partial charge in [0.15, 0.2) is 6.10 Å². The molecule has 78 valence electrons. The fourth-order valence-corrected chi connectivity index (χ4v) is 0.803. The van der Waals surface area contributed by atoms with Gasteiger partial charge in [-0.25, -0.2) is 0 Å². The van der Waals surface area contributed by atoms with Crippen molar-refractivity contribution in [2.24, 2.45) is 5.92 Å². The molecule has 0 fully saturated rings. The summed E-state index contributed by atoms with van der Waals surface area (Å²) in [7, 11) is 0. The monoisotopic (exact) mass is 191 g/mol. The molecular weight excluding hydrogens is 174 g/mol. The molecule has 0 heterocycles. The largest absolute Gasteiger partial charge is 0.395 e. The van der Waals surface area contributed by atoms with Gasteiger partial charge < -0.3 is 20.6 Å². The summed E-state index contributed by atoms with van der Waals surface area (Å²) in [6, 6.07) is 0. The fraction of sp³-hybridized carbons (Fsp3) is 0.875. The summed E-state index contributed by atoms with van der Waals surface area (Å²) < 4.78 is 0. The van der Waals surface area contributed by atoms with E-state index in [4.69, 9.17) is 5.11 Å². The smallest absolute Gasteiger partial charge is 0.251 e. The number of hydrogen-bond acceptors (Lipinski definition) is 4. The van der Waals surface area contributed by atoms with Crippen LogP contribution in [0.25, 0.3) is 0 Å². The van der Waals surface area contributed by atoms with Crippen LogP contribution in [0, 0.1) is 5.92 Å². The topological polar surface area (TPSA) is 89.8 Å². The van der Waals surface area contributed by atoms with Crippen molar-refractivity contribution >= 4 is 5.91 Å². The van der Waals surface area contributed by atoms with Crippen LogP contribution in [0.2, 0.25) is 0 Å². The fourth-order valence-electron chi connectivity index (χ4n) is 0.803. The van der Waals surface area contributed by atoms with Crippen LogP contribution in [0.15, 0.2) is 0 Å². The Morgan fingerprint density at radius 1 is 1.38 bits per heavy atom. The van der Waals surface area contributed by atoms with Crippen molar-refractivity contribution in [1.29, 1.82) is 0 Å². The molecule has 0 spiro atoms. The van der Waals surface area contributed by atoms with E-state index in [0.29, 0.717) is 0 Å². The highest BCUT2D eigenvalue weighted by atomic mass is 16.3. The van der Waals surface area contributed by atoms with Gasteiger partial charge in [0, 0.05) is 6.54 Å². The van der Waals surface area contributed by atoms with E-state index in [1.54, 1.807) is 13.8 Å². The maximum absolute atomic E-state index is 11.0. The third-order valence-corrected chi connectivity index (χ3v) is 1.69. The Morgan fingerprint density at radius 3 is 2.31 bits per heavy atom. The normalized spacial score (nSPS) is 15.5. The Morgan fingerprint density at radius 2 is 1.92 bits per heavy atom. The Bertz CT molecular complexity index is 160. The van der Waals surface area contributed by atoms with Gasteiger partial charge >= 0.3 is 0 Å². The molecule has 0 aromatic heterocycles. The first-order valence-electron chi connectivity index (χ1n) is 4.25. The van der Waals surface area contributed by atoms with Gasteiger partial charge in [-0.05, 0) is 5.92 Å². The second kappa shape index (κ2) is 5.90. The molecule has 1 amide bonds. The molecule has 0 bridgehead atoms. The molecule has 5 heteroatoms. The maximum atomic E-state index is 11.0. The molecule has 0 aliphatic carbocycles. The van der Waals surface area contributed by atoms with Gasteiger partial charge in [-0.1, -0.05) is 13.8 Å². The minimum atomic E-state index is -1.42. The maximum Gasteiger partial charge on any atom is 0.251 e.